The Morgan fingerprint density at radius 3 is 2.86 bits per heavy atom. The summed E-state index contributed by atoms with van der Waals surface area (Å²) in [6.07, 6.45) is 6.78. The van der Waals surface area contributed by atoms with Gasteiger partial charge in [-0.3, -0.25) is 4.79 Å². The van der Waals surface area contributed by atoms with Crippen LogP contribution in [-0.4, -0.2) is 54.5 Å². The third-order valence-electron chi connectivity index (χ3n) is 5.46. The lowest BCUT2D eigenvalue weighted by Gasteiger charge is -2.23. The summed E-state index contributed by atoms with van der Waals surface area (Å²) in [6.45, 7) is 3.20. The minimum atomic E-state index is -0.00586. The molecule has 7 heteroatoms. The van der Waals surface area contributed by atoms with Crippen molar-refractivity contribution in [1.82, 2.24) is 15.3 Å². The fraction of sp³-hybridized carbons (Fsp3) is 0.476. The average molecular weight is 399 g/mol. The Morgan fingerprint density at radius 1 is 1.21 bits per heavy atom. The van der Waals surface area contributed by atoms with Gasteiger partial charge in [0, 0.05) is 55.0 Å². The van der Waals surface area contributed by atoms with Gasteiger partial charge in [-0.25, -0.2) is 9.97 Å². The van der Waals surface area contributed by atoms with Crippen LogP contribution in [0.3, 0.4) is 0 Å². The molecule has 1 amide bonds. The summed E-state index contributed by atoms with van der Waals surface area (Å²) < 4.78 is 5.46. The highest BCUT2D eigenvalue weighted by molar-refractivity contribution is 7.98. The second-order valence-electron chi connectivity index (χ2n) is 7.27. The van der Waals surface area contributed by atoms with Crippen molar-refractivity contribution in [2.24, 2.45) is 0 Å². The van der Waals surface area contributed by atoms with Gasteiger partial charge in [-0.1, -0.05) is 12.1 Å². The maximum Gasteiger partial charge on any atom is 0.252 e. The number of rotatable bonds is 5. The van der Waals surface area contributed by atoms with E-state index in [1.54, 1.807) is 11.8 Å². The van der Waals surface area contributed by atoms with Gasteiger partial charge in [-0.2, -0.15) is 0 Å². The summed E-state index contributed by atoms with van der Waals surface area (Å²) in [7, 11) is 0. The van der Waals surface area contributed by atoms with Crippen LogP contribution in [0, 0.1) is 0 Å². The van der Waals surface area contributed by atoms with Gasteiger partial charge in [0.25, 0.3) is 5.91 Å². The molecule has 28 heavy (non-hydrogen) atoms. The molecule has 0 spiro atoms. The van der Waals surface area contributed by atoms with Crippen molar-refractivity contribution in [2.75, 3.05) is 37.5 Å². The molecule has 4 rings (SSSR count). The molecular weight excluding hydrogens is 372 g/mol. The van der Waals surface area contributed by atoms with E-state index in [2.05, 4.69) is 15.2 Å². The van der Waals surface area contributed by atoms with E-state index in [9.17, 15) is 4.79 Å². The number of aromatic nitrogens is 2. The highest BCUT2D eigenvalue weighted by Gasteiger charge is 2.27. The van der Waals surface area contributed by atoms with E-state index in [1.165, 1.54) is 0 Å². The Bertz CT molecular complexity index is 826. The van der Waals surface area contributed by atoms with Crippen LogP contribution in [-0.2, 0) is 4.74 Å². The molecule has 2 fully saturated rings. The van der Waals surface area contributed by atoms with Crippen molar-refractivity contribution >= 4 is 23.6 Å². The van der Waals surface area contributed by atoms with Gasteiger partial charge in [-0.15, -0.1) is 11.8 Å². The molecule has 0 saturated carbocycles. The first-order chi connectivity index (χ1) is 13.7. The minimum absolute atomic E-state index is 0.00586. The first kappa shape index (κ1) is 19.2. The first-order valence-corrected chi connectivity index (χ1v) is 11.1. The van der Waals surface area contributed by atoms with E-state index in [0.29, 0.717) is 5.92 Å². The third-order valence-corrected chi connectivity index (χ3v) is 6.26. The van der Waals surface area contributed by atoms with Gasteiger partial charge in [0.05, 0.1) is 5.56 Å². The fourth-order valence-corrected chi connectivity index (χ4v) is 4.49. The first-order valence-electron chi connectivity index (χ1n) is 9.84. The number of hydrogen-bond donors (Lipinski definition) is 1. The van der Waals surface area contributed by atoms with Crippen LogP contribution in [0.25, 0.3) is 0 Å². The number of benzene rings is 1. The van der Waals surface area contributed by atoms with Crippen LogP contribution in [0.15, 0.2) is 41.4 Å². The lowest BCUT2D eigenvalue weighted by molar-refractivity contribution is 0.0845. The van der Waals surface area contributed by atoms with Crippen molar-refractivity contribution < 1.29 is 9.53 Å². The van der Waals surface area contributed by atoms with E-state index in [0.717, 1.165) is 67.7 Å². The SMILES string of the molecule is CSc1ccccc1C(=O)NC1CCN(c2nccc(C3CCOCC3)n2)C1. The Morgan fingerprint density at radius 2 is 2.04 bits per heavy atom. The summed E-state index contributed by atoms with van der Waals surface area (Å²) in [5.41, 5.74) is 1.85. The van der Waals surface area contributed by atoms with Gasteiger partial charge < -0.3 is 15.0 Å². The number of hydrogen-bond acceptors (Lipinski definition) is 6. The summed E-state index contributed by atoms with van der Waals surface area (Å²) in [5.74, 6) is 1.22. The maximum atomic E-state index is 12.7. The summed E-state index contributed by atoms with van der Waals surface area (Å²) >= 11 is 1.59. The van der Waals surface area contributed by atoms with E-state index in [-0.39, 0.29) is 11.9 Å². The molecule has 2 aromatic rings. The molecule has 2 aliphatic rings. The van der Waals surface area contributed by atoms with Gasteiger partial charge >= 0.3 is 0 Å². The Labute approximate surface area is 170 Å². The number of thioether (sulfide) groups is 1. The molecule has 1 unspecified atom stereocenters. The van der Waals surface area contributed by atoms with E-state index in [4.69, 9.17) is 9.72 Å². The van der Waals surface area contributed by atoms with Crippen molar-refractivity contribution in [3.05, 3.63) is 47.8 Å². The van der Waals surface area contributed by atoms with Gasteiger partial charge in [0.2, 0.25) is 5.95 Å². The second-order valence-corrected chi connectivity index (χ2v) is 8.12. The molecule has 3 heterocycles. The summed E-state index contributed by atoms with van der Waals surface area (Å²) in [6, 6.07) is 9.87. The second kappa shape index (κ2) is 8.92. The average Bonchev–Trinajstić information content (AvgIpc) is 3.23. The number of nitrogens with one attached hydrogen (secondary N) is 1. The number of ether oxygens (including phenoxy) is 1. The zero-order valence-electron chi connectivity index (χ0n) is 16.1. The van der Waals surface area contributed by atoms with E-state index >= 15 is 0 Å². The molecule has 1 aromatic heterocycles. The number of amides is 1. The zero-order chi connectivity index (χ0) is 19.3. The van der Waals surface area contributed by atoms with Crippen LogP contribution >= 0.6 is 11.8 Å². The molecule has 6 nitrogen and oxygen atoms in total. The molecule has 2 saturated heterocycles. The highest BCUT2D eigenvalue weighted by atomic mass is 32.2. The number of anilines is 1. The summed E-state index contributed by atoms with van der Waals surface area (Å²) in [5, 5.41) is 3.18. The normalized spacial score (nSPS) is 20.3. The third kappa shape index (κ3) is 4.31. The Balaban J connectivity index is 1.39. The molecule has 1 aromatic carbocycles. The highest BCUT2D eigenvalue weighted by Crippen LogP contribution is 2.27. The molecule has 0 aliphatic carbocycles. The lowest BCUT2D eigenvalue weighted by Crippen LogP contribution is -2.37. The van der Waals surface area contributed by atoms with Gasteiger partial charge in [0.15, 0.2) is 0 Å². The van der Waals surface area contributed by atoms with Crippen LogP contribution in [0.1, 0.15) is 41.2 Å². The fourth-order valence-electron chi connectivity index (χ4n) is 3.89. The van der Waals surface area contributed by atoms with Crippen LogP contribution in [0.5, 0.6) is 0 Å². The van der Waals surface area contributed by atoms with Crippen LogP contribution in [0.2, 0.25) is 0 Å². The topological polar surface area (TPSA) is 67.4 Å². The summed E-state index contributed by atoms with van der Waals surface area (Å²) in [4.78, 5) is 25.2. The Kier molecular flexibility index (Phi) is 6.12. The van der Waals surface area contributed by atoms with Crippen LogP contribution < -0.4 is 10.2 Å². The number of carbonyl (C=O) groups excluding carboxylic acids is 1. The molecule has 1 N–H and O–H groups in total. The smallest absolute Gasteiger partial charge is 0.252 e. The lowest BCUT2D eigenvalue weighted by atomic mass is 9.96. The number of carbonyl (C=O) groups is 1. The van der Waals surface area contributed by atoms with Crippen LogP contribution in [0.4, 0.5) is 5.95 Å². The minimum Gasteiger partial charge on any atom is -0.381 e. The predicted octanol–water partition coefficient (Wildman–Crippen LogP) is 3.10. The van der Waals surface area contributed by atoms with Crippen molar-refractivity contribution in [2.45, 2.75) is 36.1 Å². The molecule has 148 valence electrons. The predicted molar refractivity (Wildman–Crippen MR) is 111 cm³/mol. The quantitative estimate of drug-likeness (QED) is 0.781. The molecule has 1 atom stereocenters. The van der Waals surface area contributed by atoms with Gasteiger partial charge in [-0.05, 0) is 43.7 Å². The molecule has 0 bridgehead atoms. The number of nitrogens with zero attached hydrogens (tertiary/aromatic N) is 3. The standard InChI is InChI=1S/C21H26N4O2S/c1-28-19-5-3-2-4-17(19)20(26)23-16-7-11-25(14-16)21-22-10-6-18(24-21)15-8-12-27-13-9-15/h2-6,10,15-16H,7-9,11-14H2,1H3,(H,23,26). The molecule has 0 radical (unpaired) electrons. The largest absolute Gasteiger partial charge is 0.381 e. The van der Waals surface area contributed by atoms with E-state index < -0.39 is 0 Å². The molecular formula is C21H26N4O2S. The molecule has 2 aliphatic heterocycles. The monoisotopic (exact) mass is 398 g/mol. The van der Waals surface area contributed by atoms with Crippen molar-refractivity contribution in [1.29, 1.82) is 0 Å². The van der Waals surface area contributed by atoms with Crippen molar-refractivity contribution in [3.8, 4) is 0 Å². The van der Waals surface area contributed by atoms with Crippen molar-refractivity contribution in [3.63, 3.8) is 0 Å². The van der Waals surface area contributed by atoms with E-state index in [1.807, 2.05) is 42.8 Å². The zero-order valence-corrected chi connectivity index (χ0v) is 17.0. The maximum absolute atomic E-state index is 12.7. The Hall–Kier alpha value is -2.12. The van der Waals surface area contributed by atoms with Gasteiger partial charge in [0.1, 0.15) is 0 Å².